The molecule has 1 saturated heterocycles. The fourth-order valence-electron chi connectivity index (χ4n) is 3.09. The van der Waals surface area contributed by atoms with E-state index < -0.39 is 6.10 Å². The molecule has 0 saturated carbocycles. The summed E-state index contributed by atoms with van der Waals surface area (Å²) in [5, 5.41) is 4.15. The third-order valence-corrected chi connectivity index (χ3v) is 4.67. The Morgan fingerprint density at radius 3 is 2.76 bits per heavy atom. The lowest BCUT2D eigenvalue weighted by Crippen LogP contribution is -2.40. The second-order valence-electron chi connectivity index (χ2n) is 6.45. The second kappa shape index (κ2) is 7.79. The van der Waals surface area contributed by atoms with E-state index in [1.807, 2.05) is 54.3 Å². The van der Waals surface area contributed by atoms with Crippen molar-refractivity contribution >= 4 is 23.2 Å². The van der Waals surface area contributed by atoms with E-state index in [4.69, 9.17) is 16.3 Å². The highest BCUT2D eigenvalue weighted by molar-refractivity contribution is 6.30. The van der Waals surface area contributed by atoms with Gasteiger partial charge in [-0.2, -0.15) is 0 Å². The van der Waals surface area contributed by atoms with Crippen LogP contribution in [-0.4, -0.2) is 36.0 Å². The van der Waals surface area contributed by atoms with E-state index >= 15 is 0 Å². The molecule has 1 amide bonds. The van der Waals surface area contributed by atoms with Crippen LogP contribution in [0.25, 0.3) is 0 Å². The molecule has 1 heterocycles. The van der Waals surface area contributed by atoms with Crippen LogP contribution in [0.4, 0.5) is 5.69 Å². The minimum Gasteiger partial charge on any atom is -0.481 e. The molecule has 1 aliphatic heterocycles. The largest absolute Gasteiger partial charge is 0.481 e. The van der Waals surface area contributed by atoms with Crippen LogP contribution in [0.5, 0.6) is 5.75 Å². The molecule has 2 aromatic carbocycles. The highest BCUT2D eigenvalue weighted by Gasteiger charge is 2.30. The summed E-state index contributed by atoms with van der Waals surface area (Å²) in [7, 11) is 0. The highest BCUT2D eigenvalue weighted by atomic mass is 35.5. The van der Waals surface area contributed by atoms with E-state index in [1.54, 1.807) is 13.0 Å². The van der Waals surface area contributed by atoms with Gasteiger partial charge in [-0.15, -0.1) is 0 Å². The lowest BCUT2D eigenvalue weighted by atomic mass is 10.2. The fourth-order valence-corrected chi connectivity index (χ4v) is 3.32. The number of ether oxygens (including phenoxy) is 1. The number of benzene rings is 2. The molecule has 1 fully saturated rings. The van der Waals surface area contributed by atoms with Crippen molar-refractivity contribution in [3.8, 4) is 5.75 Å². The van der Waals surface area contributed by atoms with Gasteiger partial charge >= 0.3 is 0 Å². The number of nitrogens with zero attached hydrogens (tertiary/aromatic N) is 1. The molecule has 5 heteroatoms. The zero-order valence-electron chi connectivity index (χ0n) is 14.5. The summed E-state index contributed by atoms with van der Waals surface area (Å²) in [6, 6.07) is 15.8. The van der Waals surface area contributed by atoms with E-state index in [1.165, 1.54) is 0 Å². The molecule has 2 aromatic rings. The molecule has 0 spiro atoms. The number of amides is 1. The van der Waals surface area contributed by atoms with Crippen molar-refractivity contribution in [2.24, 2.45) is 0 Å². The molecule has 2 atom stereocenters. The number of halogens is 1. The van der Waals surface area contributed by atoms with Gasteiger partial charge in [0.2, 0.25) is 0 Å². The lowest BCUT2D eigenvalue weighted by Gasteiger charge is -2.23. The van der Waals surface area contributed by atoms with Gasteiger partial charge < -0.3 is 15.0 Å². The Hall–Kier alpha value is -2.20. The molecular formula is C20H23ClN2O2. The van der Waals surface area contributed by atoms with Crippen molar-refractivity contribution in [3.05, 3.63) is 59.1 Å². The maximum Gasteiger partial charge on any atom is 0.263 e. The Labute approximate surface area is 153 Å². The molecule has 4 nitrogen and oxygen atoms in total. The normalized spacial score (nSPS) is 18.0. The summed E-state index contributed by atoms with van der Waals surface area (Å²) in [4.78, 5) is 14.5. The van der Waals surface area contributed by atoms with Crippen LogP contribution < -0.4 is 10.1 Å². The van der Waals surface area contributed by atoms with Crippen LogP contribution >= 0.6 is 11.6 Å². The maximum absolute atomic E-state index is 12.7. The molecule has 0 aliphatic carbocycles. The average Bonchev–Trinajstić information content (AvgIpc) is 3.06. The van der Waals surface area contributed by atoms with Gasteiger partial charge in [-0.25, -0.2) is 0 Å². The summed E-state index contributed by atoms with van der Waals surface area (Å²) in [5.74, 6) is 0.718. The molecule has 0 bridgehead atoms. The number of likely N-dealkylation sites (tertiary alicyclic amines) is 1. The molecule has 3 rings (SSSR count). The monoisotopic (exact) mass is 358 g/mol. The van der Waals surface area contributed by atoms with Gasteiger partial charge in [-0.05, 0) is 56.2 Å². The number of carbonyl (C=O) groups excluding carboxylic acids is 1. The van der Waals surface area contributed by atoms with Crippen LogP contribution in [0, 0.1) is 6.92 Å². The van der Waals surface area contributed by atoms with Gasteiger partial charge in [-0.3, -0.25) is 4.79 Å². The number of hydrogen-bond donors (Lipinski definition) is 1. The molecule has 0 radical (unpaired) electrons. The average molecular weight is 359 g/mol. The van der Waals surface area contributed by atoms with Crippen LogP contribution in [0.1, 0.15) is 18.9 Å². The quantitative estimate of drug-likeness (QED) is 0.873. The summed E-state index contributed by atoms with van der Waals surface area (Å²) < 4.78 is 5.86. The van der Waals surface area contributed by atoms with Crippen LogP contribution in [0.15, 0.2) is 48.5 Å². The number of hydrogen-bond acceptors (Lipinski definition) is 3. The number of carbonyl (C=O) groups is 1. The van der Waals surface area contributed by atoms with Crippen LogP contribution in [0.3, 0.4) is 0 Å². The van der Waals surface area contributed by atoms with Crippen LogP contribution in [0.2, 0.25) is 5.02 Å². The first-order valence-corrected chi connectivity index (χ1v) is 8.94. The van der Waals surface area contributed by atoms with Crippen molar-refractivity contribution in [2.45, 2.75) is 32.4 Å². The molecule has 132 valence electrons. The van der Waals surface area contributed by atoms with Crippen molar-refractivity contribution in [3.63, 3.8) is 0 Å². The maximum atomic E-state index is 12.7. The summed E-state index contributed by atoms with van der Waals surface area (Å²) in [5.41, 5.74) is 2.01. The molecule has 1 aliphatic rings. The van der Waals surface area contributed by atoms with Crippen molar-refractivity contribution < 1.29 is 9.53 Å². The van der Waals surface area contributed by atoms with E-state index in [0.29, 0.717) is 17.3 Å². The van der Waals surface area contributed by atoms with Gasteiger partial charge in [0.1, 0.15) is 5.75 Å². The topological polar surface area (TPSA) is 41.6 Å². The summed E-state index contributed by atoms with van der Waals surface area (Å²) >= 11 is 5.96. The first kappa shape index (κ1) is 17.6. The van der Waals surface area contributed by atoms with Crippen molar-refractivity contribution in [2.75, 3.05) is 18.4 Å². The van der Waals surface area contributed by atoms with Gasteiger partial charge in [0.15, 0.2) is 6.10 Å². The van der Waals surface area contributed by atoms with E-state index in [-0.39, 0.29) is 11.9 Å². The summed E-state index contributed by atoms with van der Waals surface area (Å²) in [6.07, 6.45) is 0.420. The van der Waals surface area contributed by atoms with Gasteiger partial charge in [0.05, 0.1) is 0 Å². The Kier molecular flexibility index (Phi) is 5.49. The van der Waals surface area contributed by atoms with Gasteiger partial charge in [0.25, 0.3) is 5.91 Å². The van der Waals surface area contributed by atoms with E-state index in [0.717, 1.165) is 24.2 Å². The second-order valence-corrected chi connectivity index (χ2v) is 6.89. The summed E-state index contributed by atoms with van der Waals surface area (Å²) in [6.45, 7) is 5.17. The highest BCUT2D eigenvalue weighted by Crippen LogP contribution is 2.24. The SMILES string of the molecule is Cc1cc(Cl)ccc1OC(C)C(=O)N1CCC(Nc2ccccc2)C1. The standard InChI is InChI=1S/C20H23ClN2O2/c1-14-12-16(21)8-9-19(14)25-15(2)20(24)23-11-10-18(13-23)22-17-6-4-3-5-7-17/h3-9,12,15,18,22H,10-11,13H2,1-2H3. The number of aryl methyl sites for hydroxylation is 1. The molecule has 2 unspecified atom stereocenters. The van der Waals surface area contributed by atoms with Crippen LogP contribution in [-0.2, 0) is 4.79 Å². The van der Waals surface area contributed by atoms with E-state index in [2.05, 4.69) is 5.32 Å². The molecule has 0 aromatic heterocycles. The van der Waals surface area contributed by atoms with Crippen molar-refractivity contribution in [1.29, 1.82) is 0 Å². The zero-order chi connectivity index (χ0) is 17.8. The number of rotatable bonds is 5. The molecule has 1 N–H and O–H groups in total. The fraction of sp³-hybridized carbons (Fsp3) is 0.350. The minimum atomic E-state index is -0.518. The first-order valence-electron chi connectivity index (χ1n) is 8.56. The number of anilines is 1. The van der Waals surface area contributed by atoms with Gasteiger partial charge in [0, 0.05) is 29.8 Å². The Morgan fingerprint density at radius 2 is 2.04 bits per heavy atom. The van der Waals surface area contributed by atoms with Gasteiger partial charge in [-0.1, -0.05) is 29.8 Å². The Bertz CT molecular complexity index is 736. The third kappa shape index (κ3) is 4.45. The predicted molar refractivity (Wildman–Crippen MR) is 101 cm³/mol. The number of para-hydroxylation sites is 1. The predicted octanol–water partition coefficient (Wildman–Crippen LogP) is 4.13. The Morgan fingerprint density at radius 1 is 1.28 bits per heavy atom. The molecule has 25 heavy (non-hydrogen) atoms. The first-order chi connectivity index (χ1) is 12.0. The smallest absolute Gasteiger partial charge is 0.263 e. The van der Waals surface area contributed by atoms with Crippen molar-refractivity contribution in [1.82, 2.24) is 4.90 Å². The molecular weight excluding hydrogens is 336 g/mol. The minimum absolute atomic E-state index is 0.0201. The zero-order valence-corrected chi connectivity index (χ0v) is 15.3. The number of nitrogens with one attached hydrogen (secondary N) is 1. The third-order valence-electron chi connectivity index (χ3n) is 4.43. The Balaban J connectivity index is 1.56. The van der Waals surface area contributed by atoms with E-state index in [9.17, 15) is 4.79 Å². The lowest BCUT2D eigenvalue weighted by molar-refractivity contribution is -0.136.